The van der Waals surface area contributed by atoms with E-state index in [1.54, 1.807) is 0 Å². The SMILES string of the molecule is NC1(Cc2ccc(Cl)s2)CCS(=O)(=O)C1. The summed E-state index contributed by atoms with van der Waals surface area (Å²) < 4.78 is 23.4. The van der Waals surface area contributed by atoms with Gasteiger partial charge in [-0.2, -0.15) is 0 Å². The molecule has 1 aromatic heterocycles. The molecular weight excluding hydrogens is 254 g/mol. The van der Waals surface area contributed by atoms with E-state index in [-0.39, 0.29) is 11.5 Å². The highest BCUT2D eigenvalue weighted by Gasteiger charge is 2.39. The third-order valence-electron chi connectivity index (χ3n) is 2.57. The smallest absolute Gasteiger partial charge is 0.152 e. The van der Waals surface area contributed by atoms with Crippen LogP contribution in [0.15, 0.2) is 12.1 Å². The summed E-state index contributed by atoms with van der Waals surface area (Å²) in [5.74, 6) is 0.304. The molecule has 0 radical (unpaired) electrons. The van der Waals surface area contributed by atoms with Crippen LogP contribution >= 0.6 is 22.9 Å². The highest BCUT2D eigenvalue weighted by atomic mass is 35.5. The molecular formula is C9H12ClNO2S2. The molecule has 1 saturated heterocycles. The highest BCUT2D eigenvalue weighted by molar-refractivity contribution is 7.91. The lowest BCUT2D eigenvalue weighted by Gasteiger charge is -2.20. The van der Waals surface area contributed by atoms with Crippen molar-refractivity contribution in [3.8, 4) is 0 Å². The van der Waals surface area contributed by atoms with Gasteiger partial charge < -0.3 is 5.73 Å². The fourth-order valence-electron chi connectivity index (χ4n) is 1.87. The third kappa shape index (κ3) is 2.72. The van der Waals surface area contributed by atoms with E-state index in [1.807, 2.05) is 12.1 Å². The van der Waals surface area contributed by atoms with Crippen LogP contribution in [-0.4, -0.2) is 25.5 Å². The van der Waals surface area contributed by atoms with E-state index < -0.39 is 15.4 Å². The Morgan fingerprint density at radius 2 is 2.27 bits per heavy atom. The molecule has 0 aliphatic carbocycles. The van der Waals surface area contributed by atoms with Crippen LogP contribution in [0, 0.1) is 0 Å². The molecule has 1 fully saturated rings. The zero-order chi connectivity index (χ0) is 11.1. The molecule has 1 aliphatic heterocycles. The van der Waals surface area contributed by atoms with Crippen LogP contribution in [0.4, 0.5) is 0 Å². The van der Waals surface area contributed by atoms with E-state index in [0.717, 1.165) is 9.21 Å². The topological polar surface area (TPSA) is 60.2 Å². The standard InChI is InChI=1S/C9H12ClNO2S2/c10-8-2-1-7(14-8)5-9(11)3-4-15(12,13)6-9/h1-2H,3-6,11H2. The normalized spacial score (nSPS) is 29.5. The number of halogens is 1. The Kier molecular flexibility index (Phi) is 2.83. The first kappa shape index (κ1) is 11.4. The maximum Gasteiger partial charge on any atom is 0.152 e. The monoisotopic (exact) mass is 265 g/mol. The average Bonchev–Trinajstić information content (AvgIpc) is 2.57. The Bertz CT molecular complexity index is 468. The van der Waals surface area contributed by atoms with Crippen LogP contribution in [-0.2, 0) is 16.3 Å². The average molecular weight is 266 g/mol. The second-order valence-electron chi connectivity index (χ2n) is 4.09. The van der Waals surface area contributed by atoms with E-state index in [0.29, 0.717) is 12.8 Å². The van der Waals surface area contributed by atoms with E-state index in [4.69, 9.17) is 17.3 Å². The van der Waals surface area contributed by atoms with Crippen molar-refractivity contribution < 1.29 is 8.42 Å². The third-order valence-corrected chi connectivity index (χ3v) is 5.65. The van der Waals surface area contributed by atoms with Crippen molar-refractivity contribution >= 4 is 32.8 Å². The number of rotatable bonds is 2. The number of sulfone groups is 1. The fraction of sp³-hybridized carbons (Fsp3) is 0.556. The molecule has 1 aliphatic rings. The van der Waals surface area contributed by atoms with Gasteiger partial charge >= 0.3 is 0 Å². The first-order valence-electron chi connectivity index (χ1n) is 4.62. The molecule has 1 atom stereocenters. The maximum atomic E-state index is 11.3. The van der Waals surface area contributed by atoms with E-state index in [2.05, 4.69) is 0 Å². The van der Waals surface area contributed by atoms with Crippen LogP contribution in [0.3, 0.4) is 0 Å². The predicted molar refractivity (Wildman–Crippen MR) is 63.2 cm³/mol. The highest BCUT2D eigenvalue weighted by Crippen LogP contribution is 2.29. The molecule has 2 rings (SSSR count). The summed E-state index contributed by atoms with van der Waals surface area (Å²) in [4.78, 5) is 1.06. The summed E-state index contributed by atoms with van der Waals surface area (Å²) in [7, 11) is -2.92. The Morgan fingerprint density at radius 3 is 2.73 bits per heavy atom. The van der Waals surface area contributed by atoms with Gasteiger partial charge in [0.2, 0.25) is 0 Å². The van der Waals surface area contributed by atoms with Gasteiger partial charge in [0.25, 0.3) is 0 Å². The summed E-state index contributed by atoms with van der Waals surface area (Å²) in [6, 6.07) is 3.72. The van der Waals surface area contributed by atoms with Gasteiger partial charge in [0.15, 0.2) is 9.84 Å². The van der Waals surface area contributed by atoms with Gasteiger partial charge in [0, 0.05) is 16.8 Å². The second-order valence-corrected chi connectivity index (χ2v) is 8.07. The minimum Gasteiger partial charge on any atom is -0.324 e. The Labute approximate surface area is 98.2 Å². The lowest BCUT2D eigenvalue weighted by atomic mass is 9.95. The molecule has 0 aromatic carbocycles. The zero-order valence-electron chi connectivity index (χ0n) is 8.07. The molecule has 3 nitrogen and oxygen atoms in total. The van der Waals surface area contributed by atoms with Crippen molar-refractivity contribution in [2.45, 2.75) is 18.4 Å². The van der Waals surface area contributed by atoms with Crippen molar-refractivity contribution in [1.82, 2.24) is 0 Å². The summed E-state index contributed by atoms with van der Waals surface area (Å²) >= 11 is 7.27. The Hall–Kier alpha value is -0.100. The lowest BCUT2D eigenvalue weighted by molar-refractivity contribution is 0.480. The maximum absolute atomic E-state index is 11.3. The van der Waals surface area contributed by atoms with Crippen molar-refractivity contribution in [3.63, 3.8) is 0 Å². The zero-order valence-corrected chi connectivity index (χ0v) is 10.5. The van der Waals surface area contributed by atoms with Crippen molar-refractivity contribution in [2.24, 2.45) is 5.73 Å². The Morgan fingerprint density at radius 1 is 1.53 bits per heavy atom. The van der Waals surface area contributed by atoms with Crippen molar-refractivity contribution in [3.05, 3.63) is 21.3 Å². The lowest BCUT2D eigenvalue weighted by Crippen LogP contribution is -2.42. The van der Waals surface area contributed by atoms with Gasteiger partial charge in [0.1, 0.15) is 0 Å². The molecule has 1 unspecified atom stereocenters. The van der Waals surface area contributed by atoms with Crippen LogP contribution in [0.2, 0.25) is 4.34 Å². The van der Waals surface area contributed by atoms with Crippen LogP contribution < -0.4 is 5.73 Å². The first-order chi connectivity index (χ1) is 6.89. The van der Waals surface area contributed by atoms with Crippen molar-refractivity contribution in [2.75, 3.05) is 11.5 Å². The van der Waals surface area contributed by atoms with Gasteiger partial charge in [-0.15, -0.1) is 11.3 Å². The number of thiophene rings is 1. The van der Waals surface area contributed by atoms with E-state index in [9.17, 15) is 8.42 Å². The summed E-state index contributed by atoms with van der Waals surface area (Å²) in [5.41, 5.74) is 5.47. The quantitative estimate of drug-likeness (QED) is 0.881. The second kappa shape index (κ2) is 3.73. The van der Waals surface area contributed by atoms with Gasteiger partial charge in [-0.1, -0.05) is 11.6 Å². The summed E-state index contributed by atoms with van der Waals surface area (Å²) in [5, 5.41) is 0. The van der Waals surface area contributed by atoms with Crippen LogP contribution in [0.1, 0.15) is 11.3 Å². The number of hydrogen-bond acceptors (Lipinski definition) is 4. The van der Waals surface area contributed by atoms with Gasteiger partial charge in [-0.3, -0.25) is 0 Å². The molecule has 0 amide bonds. The molecule has 2 heterocycles. The van der Waals surface area contributed by atoms with Gasteiger partial charge in [-0.05, 0) is 18.6 Å². The number of hydrogen-bond donors (Lipinski definition) is 1. The molecule has 6 heteroatoms. The molecule has 84 valence electrons. The van der Waals surface area contributed by atoms with Gasteiger partial charge in [0.05, 0.1) is 15.8 Å². The molecule has 0 bridgehead atoms. The minimum absolute atomic E-state index is 0.0928. The minimum atomic E-state index is -2.92. The van der Waals surface area contributed by atoms with Crippen molar-refractivity contribution in [1.29, 1.82) is 0 Å². The Balaban J connectivity index is 2.13. The summed E-state index contributed by atoms with van der Waals surface area (Å²) in [6.07, 6.45) is 1.15. The fourth-order valence-corrected chi connectivity index (χ4v) is 5.10. The van der Waals surface area contributed by atoms with Crippen LogP contribution in [0.25, 0.3) is 0 Å². The number of nitrogens with two attached hydrogens (primary N) is 1. The summed E-state index contributed by atoms with van der Waals surface area (Å²) in [6.45, 7) is 0. The van der Waals surface area contributed by atoms with E-state index >= 15 is 0 Å². The first-order valence-corrected chi connectivity index (χ1v) is 7.64. The predicted octanol–water partition coefficient (Wildman–Crippen LogP) is 1.46. The molecule has 0 spiro atoms. The van der Waals surface area contributed by atoms with Crippen LogP contribution in [0.5, 0.6) is 0 Å². The molecule has 2 N–H and O–H groups in total. The molecule has 15 heavy (non-hydrogen) atoms. The largest absolute Gasteiger partial charge is 0.324 e. The van der Waals surface area contributed by atoms with Gasteiger partial charge in [-0.25, -0.2) is 8.42 Å². The molecule has 1 aromatic rings. The molecule has 0 saturated carbocycles. The van der Waals surface area contributed by atoms with E-state index in [1.165, 1.54) is 11.3 Å².